The number of aromatic amines is 1. The second kappa shape index (κ2) is 6.73. The first-order valence-corrected chi connectivity index (χ1v) is 6.93. The molecule has 2 rings (SSSR count). The SMILES string of the molecule is CN1CCNC(CC(=O)N(C)CCc2ccc[nH]2)C1. The number of aromatic nitrogens is 1. The Kier molecular flexibility index (Phi) is 4.99. The van der Waals surface area contributed by atoms with E-state index >= 15 is 0 Å². The number of carbonyl (C=O) groups excluding carboxylic acids is 1. The summed E-state index contributed by atoms with van der Waals surface area (Å²) in [6.07, 6.45) is 3.39. The summed E-state index contributed by atoms with van der Waals surface area (Å²) < 4.78 is 0. The quantitative estimate of drug-likeness (QED) is 0.805. The minimum atomic E-state index is 0.222. The molecule has 2 N–H and O–H groups in total. The van der Waals surface area contributed by atoms with Gasteiger partial charge in [-0.2, -0.15) is 0 Å². The van der Waals surface area contributed by atoms with Gasteiger partial charge in [0.1, 0.15) is 0 Å². The van der Waals surface area contributed by atoms with Crippen molar-refractivity contribution in [1.29, 1.82) is 0 Å². The first-order valence-electron chi connectivity index (χ1n) is 6.93. The Balaban J connectivity index is 1.72. The molecule has 1 aliphatic rings. The van der Waals surface area contributed by atoms with Crippen LogP contribution in [0.25, 0.3) is 0 Å². The van der Waals surface area contributed by atoms with Gasteiger partial charge < -0.3 is 20.1 Å². The van der Waals surface area contributed by atoms with Gasteiger partial charge in [-0.1, -0.05) is 0 Å². The minimum absolute atomic E-state index is 0.222. The Morgan fingerprint density at radius 3 is 3.11 bits per heavy atom. The molecule has 0 spiro atoms. The predicted molar refractivity (Wildman–Crippen MR) is 76.0 cm³/mol. The van der Waals surface area contributed by atoms with Crippen LogP contribution < -0.4 is 5.32 Å². The van der Waals surface area contributed by atoms with Crippen molar-refractivity contribution < 1.29 is 4.79 Å². The number of nitrogens with zero attached hydrogens (tertiary/aromatic N) is 2. The summed E-state index contributed by atoms with van der Waals surface area (Å²) >= 11 is 0. The molecule has 1 fully saturated rings. The normalized spacial score (nSPS) is 20.4. The number of likely N-dealkylation sites (N-methyl/N-ethyl adjacent to an activating group) is 2. The third-order valence-electron chi connectivity index (χ3n) is 3.68. The maximum atomic E-state index is 12.1. The van der Waals surface area contributed by atoms with E-state index in [9.17, 15) is 4.79 Å². The van der Waals surface area contributed by atoms with Crippen molar-refractivity contribution in [1.82, 2.24) is 20.1 Å². The Hall–Kier alpha value is -1.33. The van der Waals surface area contributed by atoms with E-state index in [0.29, 0.717) is 12.5 Å². The predicted octanol–water partition coefficient (Wildman–Crippen LogP) is 0.309. The van der Waals surface area contributed by atoms with E-state index in [1.165, 1.54) is 5.69 Å². The molecule has 0 radical (unpaired) electrons. The molecule has 1 aromatic heterocycles. The van der Waals surface area contributed by atoms with Crippen molar-refractivity contribution in [3.8, 4) is 0 Å². The van der Waals surface area contributed by atoms with Crippen molar-refractivity contribution >= 4 is 5.91 Å². The number of rotatable bonds is 5. The van der Waals surface area contributed by atoms with Crippen molar-refractivity contribution in [3.05, 3.63) is 24.0 Å². The largest absolute Gasteiger partial charge is 0.365 e. The third-order valence-corrected chi connectivity index (χ3v) is 3.68. The number of carbonyl (C=O) groups is 1. The lowest BCUT2D eigenvalue weighted by atomic mass is 10.1. The molecule has 1 aliphatic heterocycles. The lowest BCUT2D eigenvalue weighted by Gasteiger charge is -2.31. The van der Waals surface area contributed by atoms with Gasteiger partial charge in [0, 0.05) is 64.0 Å². The third kappa shape index (κ3) is 4.36. The van der Waals surface area contributed by atoms with Crippen molar-refractivity contribution in [2.24, 2.45) is 0 Å². The highest BCUT2D eigenvalue weighted by Gasteiger charge is 2.20. The van der Waals surface area contributed by atoms with Crippen LogP contribution in [0.4, 0.5) is 0 Å². The lowest BCUT2D eigenvalue weighted by molar-refractivity contribution is -0.130. The van der Waals surface area contributed by atoms with Gasteiger partial charge in [0.25, 0.3) is 0 Å². The van der Waals surface area contributed by atoms with E-state index in [2.05, 4.69) is 28.3 Å². The highest BCUT2D eigenvalue weighted by Crippen LogP contribution is 2.04. The zero-order valence-corrected chi connectivity index (χ0v) is 11.9. The number of nitrogens with one attached hydrogen (secondary N) is 2. The second-order valence-corrected chi connectivity index (χ2v) is 5.38. The molecule has 5 heteroatoms. The topological polar surface area (TPSA) is 51.4 Å². The molecule has 106 valence electrons. The molecule has 1 amide bonds. The first kappa shape index (κ1) is 14.1. The fourth-order valence-electron chi connectivity index (χ4n) is 2.43. The maximum Gasteiger partial charge on any atom is 0.223 e. The molecular weight excluding hydrogens is 240 g/mol. The summed E-state index contributed by atoms with van der Waals surface area (Å²) in [5.41, 5.74) is 1.18. The molecule has 1 aromatic rings. The van der Waals surface area contributed by atoms with Crippen LogP contribution in [-0.4, -0.2) is 67.0 Å². The number of H-pyrrole nitrogens is 1. The Morgan fingerprint density at radius 2 is 2.42 bits per heavy atom. The van der Waals surface area contributed by atoms with E-state index < -0.39 is 0 Å². The van der Waals surface area contributed by atoms with Crippen molar-refractivity contribution in [3.63, 3.8) is 0 Å². The monoisotopic (exact) mass is 264 g/mol. The Bertz CT molecular complexity index is 390. The van der Waals surface area contributed by atoms with E-state index in [1.807, 2.05) is 24.2 Å². The first-order chi connectivity index (χ1) is 9.15. The van der Waals surface area contributed by atoms with Crippen LogP contribution in [0.2, 0.25) is 0 Å². The molecule has 5 nitrogen and oxygen atoms in total. The van der Waals surface area contributed by atoms with Crippen LogP contribution in [0.15, 0.2) is 18.3 Å². The van der Waals surface area contributed by atoms with Crippen molar-refractivity contribution in [2.45, 2.75) is 18.9 Å². The summed E-state index contributed by atoms with van der Waals surface area (Å²) in [7, 11) is 3.99. The zero-order valence-electron chi connectivity index (χ0n) is 11.9. The van der Waals surface area contributed by atoms with Gasteiger partial charge in [0.2, 0.25) is 5.91 Å². The second-order valence-electron chi connectivity index (χ2n) is 5.38. The standard InChI is InChI=1S/C14H24N4O/c1-17-9-7-16-13(11-17)10-14(19)18(2)8-5-12-4-3-6-15-12/h3-4,6,13,15-16H,5,7-11H2,1-2H3. The van der Waals surface area contributed by atoms with Crippen LogP contribution >= 0.6 is 0 Å². The van der Waals surface area contributed by atoms with Crippen LogP contribution in [0.5, 0.6) is 0 Å². The van der Waals surface area contributed by atoms with E-state index in [0.717, 1.165) is 32.6 Å². The minimum Gasteiger partial charge on any atom is -0.365 e. The zero-order chi connectivity index (χ0) is 13.7. The van der Waals surface area contributed by atoms with Gasteiger partial charge >= 0.3 is 0 Å². The van der Waals surface area contributed by atoms with Gasteiger partial charge in [-0.15, -0.1) is 0 Å². The smallest absolute Gasteiger partial charge is 0.223 e. The van der Waals surface area contributed by atoms with E-state index in [4.69, 9.17) is 0 Å². The van der Waals surface area contributed by atoms with Crippen LogP contribution in [-0.2, 0) is 11.2 Å². The number of hydrogen-bond donors (Lipinski definition) is 2. The van der Waals surface area contributed by atoms with E-state index in [-0.39, 0.29) is 5.91 Å². The molecule has 2 heterocycles. The average molecular weight is 264 g/mol. The van der Waals surface area contributed by atoms with Gasteiger partial charge in [-0.25, -0.2) is 0 Å². The molecule has 19 heavy (non-hydrogen) atoms. The molecule has 1 saturated heterocycles. The highest BCUT2D eigenvalue weighted by atomic mass is 16.2. The molecule has 0 bridgehead atoms. The molecular formula is C14H24N4O. The Morgan fingerprint density at radius 1 is 1.58 bits per heavy atom. The summed E-state index contributed by atoms with van der Waals surface area (Å²) in [5, 5.41) is 3.41. The molecule has 1 unspecified atom stereocenters. The summed E-state index contributed by atoms with van der Waals surface area (Å²) in [4.78, 5) is 19.4. The number of amides is 1. The number of piperazine rings is 1. The molecule has 1 atom stereocenters. The fraction of sp³-hybridized carbons (Fsp3) is 0.643. The fourth-order valence-corrected chi connectivity index (χ4v) is 2.43. The van der Waals surface area contributed by atoms with Crippen molar-refractivity contribution in [2.75, 3.05) is 40.3 Å². The molecule has 0 aromatic carbocycles. The summed E-state index contributed by atoms with van der Waals surface area (Å²) in [6.45, 7) is 3.76. The Labute approximate surface area is 115 Å². The average Bonchev–Trinajstić information content (AvgIpc) is 2.89. The van der Waals surface area contributed by atoms with Crippen LogP contribution in [0.3, 0.4) is 0 Å². The number of hydrogen-bond acceptors (Lipinski definition) is 3. The van der Waals surface area contributed by atoms with Crippen LogP contribution in [0.1, 0.15) is 12.1 Å². The van der Waals surface area contributed by atoms with E-state index in [1.54, 1.807) is 0 Å². The maximum absolute atomic E-state index is 12.1. The lowest BCUT2D eigenvalue weighted by Crippen LogP contribution is -2.50. The van der Waals surface area contributed by atoms with Crippen LogP contribution in [0, 0.1) is 0 Å². The van der Waals surface area contributed by atoms with Gasteiger partial charge in [-0.05, 0) is 19.2 Å². The molecule has 0 aliphatic carbocycles. The molecule has 0 saturated carbocycles. The summed E-state index contributed by atoms with van der Waals surface area (Å²) in [5.74, 6) is 0.222. The van der Waals surface area contributed by atoms with Gasteiger partial charge in [0.15, 0.2) is 0 Å². The summed E-state index contributed by atoms with van der Waals surface area (Å²) in [6, 6.07) is 4.33. The van der Waals surface area contributed by atoms with Gasteiger partial charge in [-0.3, -0.25) is 4.79 Å². The highest BCUT2D eigenvalue weighted by molar-refractivity contribution is 5.76. The van der Waals surface area contributed by atoms with Gasteiger partial charge in [0.05, 0.1) is 0 Å².